The van der Waals surface area contributed by atoms with Crippen molar-refractivity contribution >= 4 is 20.0 Å². The number of carbonyl (C=O) groups excluding carboxylic acids is 2. The Morgan fingerprint density at radius 1 is 1.24 bits per heavy atom. The Bertz CT molecular complexity index is 788. The summed E-state index contributed by atoms with van der Waals surface area (Å²) in [7, 11) is -0.393. The first-order valence-corrected chi connectivity index (χ1v) is 14.5. The van der Waals surface area contributed by atoms with Crippen LogP contribution in [-0.4, -0.2) is 91.9 Å². The van der Waals surface area contributed by atoms with Crippen molar-refractivity contribution in [1.82, 2.24) is 0 Å². The molecule has 1 aliphatic rings. The summed E-state index contributed by atoms with van der Waals surface area (Å²) in [6.45, 7) is 5.78. The van der Waals surface area contributed by atoms with E-state index in [-0.39, 0.29) is 18.6 Å². The predicted octanol–water partition coefficient (Wildman–Crippen LogP) is 0.266. The van der Waals surface area contributed by atoms with E-state index in [9.17, 15) is 24.9 Å². The van der Waals surface area contributed by atoms with Gasteiger partial charge in [0, 0.05) is 14.7 Å². The Hall–Kier alpha value is -1.86. The van der Waals surface area contributed by atoms with Crippen LogP contribution < -0.4 is 5.73 Å². The Balaban J connectivity index is 2.38. The van der Waals surface area contributed by atoms with E-state index in [0.29, 0.717) is 6.04 Å². The maximum Gasteiger partial charge on any atom is 0.366 e. The number of benzene rings is 1. The summed E-state index contributed by atoms with van der Waals surface area (Å²) in [4.78, 5) is 25.5. The van der Waals surface area contributed by atoms with Gasteiger partial charge in [-0.1, -0.05) is 37.8 Å². The molecule has 0 aromatic heterocycles. The second kappa shape index (κ2) is 11.5. The van der Waals surface area contributed by atoms with E-state index in [2.05, 4.69) is 19.6 Å². The zero-order valence-electron chi connectivity index (χ0n) is 19.5. The van der Waals surface area contributed by atoms with Gasteiger partial charge in [0.05, 0.1) is 31.7 Å². The van der Waals surface area contributed by atoms with Gasteiger partial charge in [0.1, 0.15) is 24.4 Å². The Labute approximate surface area is 194 Å². The van der Waals surface area contributed by atoms with Gasteiger partial charge in [0.2, 0.25) is 0 Å². The Kier molecular flexibility index (Phi) is 9.55. The van der Waals surface area contributed by atoms with E-state index in [4.69, 9.17) is 24.7 Å². The molecule has 0 radical (unpaired) electrons. The summed E-state index contributed by atoms with van der Waals surface area (Å²) in [5.74, 6) is -3.59. The highest BCUT2D eigenvalue weighted by atomic mass is 28.3. The fraction of sp³-hybridized carbons (Fsp3) is 0.636. The number of hydrogen-bond donors (Lipinski definition) is 4. The molecule has 0 spiro atoms. The topological polar surface area (TPSA) is 158 Å². The average Bonchev–Trinajstić information content (AvgIpc) is 2.79. The lowest BCUT2D eigenvalue weighted by atomic mass is 9.89. The van der Waals surface area contributed by atoms with Crippen LogP contribution in [0.4, 0.5) is 0 Å². The number of aliphatic hydroxyl groups is 3. The molecule has 1 fully saturated rings. The van der Waals surface area contributed by atoms with Gasteiger partial charge in [-0.2, -0.15) is 0 Å². The third-order valence-electron chi connectivity index (χ3n) is 5.47. The quantitative estimate of drug-likeness (QED) is 0.268. The van der Waals surface area contributed by atoms with Crippen molar-refractivity contribution in [2.75, 3.05) is 20.3 Å². The molecule has 0 unspecified atom stereocenters. The number of ether oxygens (including phenoxy) is 4. The molecule has 0 saturated carbocycles. The fourth-order valence-electron chi connectivity index (χ4n) is 3.44. The zero-order chi connectivity index (χ0) is 24.8. The summed E-state index contributed by atoms with van der Waals surface area (Å²) < 4.78 is 22.2. The van der Waals surface area contributed by atoms with Gasteiger partial charge in [-0.05, 0) is 18.2 Å². The standard InChI is InChI=1S/C22H35NO9Si/c1-29-21(28)22(30-10-11-33(2,3)4)12-16(31-20(27)14-8-6-5-7-9-14)17(23)19(32-22)18(26)15(25)13-24/h5-9,15-19,24-26H,10-13,23H2,1-4H3/t15-,16+,17-,18-,19-,22-/m1/s1. The first kappa shape index (κ1) is 27.4. The predicted molar refractivity (Wildman–Crippen MR) is 121 cm³/mol. The number of rotatable bonds is 10. The third-order valence-corrected chi connectivity index (χ3v) is 7.18. The first-order chi connectivity index (χ1) is 15.4. The maximum atomic E-state index is 12.8. The van der Waals surface area contributed by atoms with Gasteiger partial charge in [-0.25, -0.2) is 9.59 Å². The molecule has 10 nitrogen and oxygen atoms in total. The van der Waals surface area contributed by atoms with Gasteiger partial charge < -0.3 is 40.0 Å². The highest BCUT2D eigenvalue weighted by Gasteiger charge is 2.56. The van der Waals surface area contributed by atoms with E-state index in [1.807, 2.05) is 0 Å². The molecular weight excluding hydrogens is 450 g/mol. The van der Waals surface area contributed by atoms with Crippen molar-refractivity contribution in [3.8, 4) is 0 Å². The van der Waals surface area contributed by atoms with Gasteiger partial charge in [-0.3, -0.25) is 0 Å². The van der Waals surface area contributed by atoms with Crippen molar-refractivity contribution in [2.24, 2.45) is 5.73 Å². The van der Waals surface area contributed by atoms with Crippen LogP contribution in [0.3, 0.4) is 0 Å². The van der Waals surface area contributed by atoms with E-state index in [0.717, 1.165) is 7.11 Å². The molecule has 0 aliphatic carbocycles. The van der Waals surface area contributed by atoms with Crippen molar-refractivity contribution in [2.45, 2.75) is 68.4 Å². The third kappa shape index (κ3) is 7.06. The van der Waals surface area contributed by atoms with E-state index in [1.54, 1.807) is 30.3 Å². The van der Waals surface area contributed by atoms with Crippen LogP contribution in [-0.2, 0) is 23.7 Å². The molecular formula is C22H35NO9Si. The van der Waals surface area contributed by atoms with Crippen LogP contribution in [0.15, 0.2) is 30.3 Å². The molecule has 2 rings (SSSR count). The summed E-state index contributed by atoms with van der Waals surface area (Å²) in [6, 6.07) is 7.77. The lowest BCUT2D eigenvalue weighted by molar-refractivity contribution is -0.308. The Morgan fingerprint density at radius 3 is 2.42 bits per heavy atom. The van der Waals surface area contributed by atoms with Crippen LogP contribution in [0.2, 0.25) is 25.7 Å². The monoisotopic (exact) mass is 485 g/mol. The number of hydrogen-bond acceptors (Lipinski definition) is 10. The lowest BCUT2D eigenvalue weighted by Gasteiger charge is -2.46. The van der Waals surface area contributed by atoms with Crippen molar-refractivity contribution in [3.05, 3.63) is 35.9 Å². The van der Waals surface area contributed by atoms with Crippen molar-refractivity contribution in [3.63, 3.8) is 0 Å². The molecule has 1 heterocycles. The molecule has 11 heteroatoms. The van der Waals surface area contributed by atoms with Crippen LogP contribution in [0.5, 0.6) is 0 Å². The normalized spacial score (nSPS) is 27.5. The van der Waals surface area contributed by atoms with Gasteiger partial charge >= 0.3 is 11.9 Å². The SMILES string of the molecule is COC(=O)[C@@]1(OCC[Si](C)(C)C)C[C@H](OC(=O)c2ccccc2)[C@@H](N)[C@H]([C@H](O)[C@H](O)CO)O1. The molecule has 6 atom stereocenters. The minimum Gasteiger partial charge on any atom is -0.465 e. The summed E-state index contributed by atoms with van der Waals surface area (Å²) >= 11 is 0. The summed E-state index contributed by atoms with van der Waals surface area (Å²) in [5, 5.41) is 29.9. The molecule has 0 amide bonds. The summed E-state index contributed by atoms with van der Waals surface area (Å²) in [5.41, 5.74) is 6.52. The fourth-order valence-corrected chi connectivity index (χ4v) is 4.16. The lowest BCUT2D eigenvalue weighted by Crippen LogP contribution is -2.67. The minimum absolute atomic E-state index is 0.158. The zero-order valence-corrected chi connectivity index (χ0v) is 20.5. The molecule has 1 aromatic carbocycles. The molecule has 186 valence electrons. The second-order valence-corrected chi connectivity index (χ2v) is 14.9. The van der Waals surface area contributed by atoms with E-state index in [1.165, 1.54) is 0 Å². The van der Waals surface area contributed by atoms with Gasteiger partial charge in [-0.15, -0.1) is 0 Å². The molecule has 33 heavy (non-hydrogen) atoms. The number of methoxy groups -OCH3 is 1. The first-order valence-electron chi connectivity index (χ1n) is 10.8. The van der Waals surface area contributed by atoms with Crippen molar-refractivity contribution < 1.29 is 43.9 Å². The highest BCUT2D eigenvalue weighted by Crippen LogP contribution is 2.35. The molecule has 0 bridgehead atoms. The van der Waals surface area contributed by atoms with Crippen LogP contribution in [0.1, 0.15) is 16.8 Å². The molecule has 1 aliphatic heterocycles. The van der Waals surface area contributed by atoms with Crippen LogP contribution >= 0.6 is 0 Å². The number of esters is 2. The second-order valence-electron chi connectivity index (χ2n) is 9.32. The van der Waals surface area contributed by atoms with E-state index < -0.39 is 62.9 Å². The van der Waals surface area contributed by atoms with Gasteiger partial charge in [0.15, 0.2) is 0 Å². The van der Waals surface area contributed by atoms with Crippen molar-refractivity contribution in [1.29, 1.82) is 0 Å². The highest BCUT2D eigenvalue weighted by molar-refractivity contribution is 6.76. The molecule has 5 N–H and O–H groups in total. The summed E-state index contributed by atoms with van der Waals surface area (Å²) in [6.07, 6.45) is -6.10. The molecule has 1 saturated heterocycles. The van der Waals surface area contributed by atoms with Crippen LogP contribution in [0.25, 0.3) is 0 Å². The average molecular weight is 486 g/mol. The van der Waals surface area contributed by atoms with Crippen LogP contribution in [0, 0.1) is 0 Å². The molecule has 1 aromatic rings. The smallest absolute Gasteiger partial charge is 0.366 e. The van der Waals surface area contributed by atoms with E-state index >= 15 is 0 Å². The maximum absolute atomic E-state index is 12.8. The number of aliphatic hydroxyl groups excluding tert-OH is 3. The largest absolute Gasteiger partial charge is 0.465 e. The number of nitrogens with two attached hydrogens (primary N) is 1. The number of carbonyl (C=O) groups is 2. The minimum atomic E-state index is -2.02. The Morgan fingerprint density at radius 2 is 1.88 bits per heavy atom. The van der Waals surface area contributed by atoms with Gasteiger partial charge in [0.25, 0.3) is 5.79 Å².